The fraction of sp³-hybridized carbons (Fsp3) is 0.286. The Balaban J connectivity index is 2.09. The molecule has 0 aliphatic carbocycles. The fourth-order valence-electron chi connectivity index (χ4n) is 2.13. The SMILES string of the molecule is CCNc1nc(-c2ccc(Cl)c(Cl)c2)nc2c1CSC2. The standard InChI is InChI=1S/C14H13Cl2N3S/c1-2-17-14-9-6-20-7-12(9)18-13(19-14)8-3-4-10(15)11(16)5-8/h3-5H,2,6-7H2,1H3,(H,17,18,19). The van der Waals surface area contributed by atoms with E-state index in [9.17, 15) is 0 Å². The molecule has 0 saturated carbocycles. The normalized spacial score (nSPS) is 13.3. The lowest BCUT2D eigenvalue weighted by molar-refractivity contribution is 1.05. The summed E-state index contributed by atoms with van der Waals surface area (Å²) in [6, 6.07) is 5.48. The summed E-state index contributed by atoms with van der Waals surface area (Å²) in [5.41, 5.74) is 3.22. The number of fused-ring (bicyclic) bond motifs is 1. The Morgan fingerprint density at radius 1 is 1.20 bits per heavy atom. The molecule has 0 fully saturated rings. The number of hydrogen-bond donors (Lipinski definition) is 1. The summed E-state index contributed by atoms with van der Waals surface area (Å²) in [6.45, 7) is 2.91. The van der Waals surface area contributed by atoms with E-state index in [4.69, 9.17) is 23.2 Å². The molecule has 0 atom stereocenters. The van der Waals surface area contributed by atoms with E-state index in [0.29, 0.717) is 15.9 Å². The first-order chi connectivity index (χ1) is 9.69. The van der Waals surface area contributed by atoms with E-state index in [-0.39, 0.29) is 0 Å². The number of rotatable bonds is 3. The highest BCUT2D eigenvalue weighted by atomic mass is 35.5. The first-order valence-corrected chi connectivity index (χ1v) is 8.27. The molecule has 3 nitrogen and oxygen atoms in total. The molecule has 1 aliphatic rings. The van der Waals surface area contributed by atoms with Crippen LogP contribution in [0.2, 0.25) is 10.0 Å². The second-order valence-corrected chi connectivity index (χ2v) is 6.27. The van der Waals surface area contributed by atoms with Crippen molar-refractivity contribution in [2.75, 3.05) is 11.9 Å². The number of hydrogen-bond acceptors (Lipinski definition) is 4. The second-order valence-electron chi connectivity index (χ2n) is 4.47. The first-order valence-electron chi connectivity index (χ1n) is 6.36. The van der Waals surface area contributed by atoms with E-state index in [1.54, 1.807) is 6.07 Å². The Morgan fingerprint density at radius 3 is 2.80 bits per heavy atom. The van der Waals surface area contributed by atoms with E-state index in [1.807, 2.05) is 23.9 Å². The Kier molecular flexibility index (Phi) is 4.06. The topological polar surface area (TPSA) is 37.8 Å². The number of nitrogens with zero attached hydrogens (tertiary/aromatic N) is 2. The zero-order chi connectivity index (χ0) is 14.1. The molecular formula is C14H13Cl2N3S. The highest BCUT2D eigenvalue weighted by Crippen LogP contribution is 2.35. The molecule has 0 spiro atoms. The zero-order valence-electron chi connectivity index (χ0n) is 10.9. The van der Waals surface area contributed by atoms with Gasteiger partial charge in [0.15, 0.2) is 5.82 Å². The van der Waals surface area contributed by atoms with Gasteiger partial charge in [-0.3, -0.25) is 0 Å². The van der Waals surface area contributed by atoms with Crippen molar-refractivity contribution < 1.29 is 0 Å². The average molecular weight is 326 g/mol. The Morgan fingerprint density at radius 2 is 2.05 bits per heavy atom. The number of thioether (sulfide) groups is 1. The fourth-order valence-corrected chi connectivity index (χ4v) is 3.47. The lowest BCUT2D eigenvalue weighted by Crippen LogP contribution is -2.06. The van der Waals surface area contributed by atoms with Gasteiger partial charge in [0.1, 0.15) is 5.82 Å². The number of benzene rings is 1. The summed E-state index contributed by atoms with van der Waals surface area (Å²) in [7, 11) is 0. The third-order valence-corrected chi connectivity index (χ3v) is 4.81. The number of aromatic nitrogens is 2. The average Bonchev–Trinajstić information content (AvgIpc) is 2.90. The van der Waals surface area contributed by atoms with Crippen molar-refractivity contribution in [1.29, 1.82) is 0 Å². The van der Waals surface area contributed by atoms with Crippen LogP contribution in [0.3, 0.4) is 0 Å². The van der Waals surface area contributed by atoms with Crippen LogP contribution >= 0.6 is 35.0 Å². The Bertz CT molecular complexity index is 661. The third kappa shape index (κ3) is 2.60. The lowest BCUT2D eigenvalue weighted by Gasteiger charge is -2.11. The van der Waals surface area contributed by atoms with Crippen LogP contribution in [0.5, 0.6) is 0 Å². The first kappa shape index (κ1) is 14.0. The second kappa shape index (κ2) is 5.80. The summed E-state index contributed by atoms with van der Waals surface area (Å²) >= 11 is 13.9. The zero-order valence-corrected chi connectivity index (χ0v) is 13.2. The lowest BCUT2D eigenvalue weighted by atomic mass is 10.2. The van der Waals surface area contributed by atoms with Gasteiger partial charge in [-0.15, -0.1) is 0 Å². The molecule has 20 heavy (non-hydrogen) atoms. The smallest absolute Gasteiger partial charge is 0.161 e. The van der Waals surface area contributed by atoms with Gasteiger partial charge in [-0.2, -0.15) is 11.8 Å². The molecular weight excluding hydrogens is 313 g/mol. The predicted molar refractivity (Wildman–Crippen MR) is 86.7 cm³/mol. The molecule has 1 aliphatic heterocycles. The van der Waals surface area contributed by atoms with Crippen LogP contribution in [0.4, 0.5) is 5.82 Å². The van der Waals surface area contributed by atoms with Crippen LogP contribution in [0.25, 0.3) is 11.4 Å². The van der Waals surface area contributed by atoms with Gasteiger partial charge in [-0.25, -0.2) is 9.97 Å². The van der Waals surface area contributed by atoms with Gasteiger partial charge in [0, 0.05) is 29.2 Å². The van der Waals surface area contributed by atoms with Gasteiger partial charge >= 0.3 is 0 Å². The van der Waals surface area contributed by atoms with Crippen molar-refractivity contribution in [3.8, 4) is 11.4 Å². The summed E-state index contributed by atoms with van der Waals surface area (Å²) in [6.07, 6.45) is 0. The summed E-state index contributed by atoms with van der Waals surface area (Å²) in [5.74, 6) is 3.54. The van der Waals surface area contributed by atoms with Crippen molar-refractivity contribution in [3.63, 3.8) is 0 Å². The number of anilines is 1. The molecule has 1 N–H and O–H groups in total. The van der Waals surface area contributed by atoms with Gasteiger partial charge in [0.05, 0.1) is 15.7 Å². The van der Waals surface area contributed by atoms with Crippen LogP contribution in [-0.2, 0) is 11.5 Å². The van der Waals surface area contributed by atoms with Crippen LogP contribution < -0.4 is 5.32 Å². The maximum Gasteiger partial charge on any atom is 0.161 e. The molecule has 6 heteroatoms. The van der Waals surface area contributed by atoms with Gasteiger partial charge in [0.2, 0.25) is 0 Å². The van der Waals surface area contributed by atoms with Crippen molar-refractivity contribution in [3.05, 3.63) is 39.5 Å². The third-order valence-electron chi connectivity index (χ3n) is 3.10. The molecule has 104 valence electrons. The molecule has 0 amide bonds. The number of nitrogens with one attached hydrogen (secondary N) is 1. The minimum atomic E-state index is 0.521. The minimum Gasteiger partial charge on any atom is -0.370 e. The van der Waals surface area contributed by atoms with Crippen molar-refractivity contribution in [1.82, 2.24) is 9.97 Å². The maximum atomic E-state index is 6.07. The molecule has 0 bridgehead atoms. The molecule has 1 aromatic carbocycles. The molecule has 3 rings (SSSR count). The van der Waals surface area contributed by atoms with Crippen molar-refractivity contribution >= 4 is 40.8 Å². The van der Waals surface area contributed by atoms with Gasteiger partial charge in [-0.1, -0.05) is 23.2 Å². The maximum absolute atomic E-state index is 6.07. The van der Waals surface area contributed by atoms with Gasteiger partial charge < -0.3 is 5.32 Å². The summed E-state index contributed by atoms with van der Waals surface area (Å²) in [5, 5.41) is 4.38. The van der Waals surface area contributed by atoms with Crippen molar-refractivity contribution in [2.24, 2.45) is 0 Å². The van der Waals surface area contributed by atoms with Gasteiger partial charge in [-0.05, 0) is 25.1 Å². The highest BCUT2D eigenvalue weighted by molar-refractivity contribution is 7.98. The van der Waals surface area contributed by atoms with Crippen molar-refractivity contribution in [2.45, 2.75) is 18.4 Å². The molecule has 0 radical (unpaired) electrons. The van der Waals surface area contributed by atoms with Crippen LogP contribution in [0.1, 0.15) is 18.2 Å². The summed E-state index contributed by atoms with van der Waals surface area (Å²) in [4.78, 5) is 9.30. The van der Waals surface area contributed by atoms with E-state index in [2.05, 4.69) is 22.2 Å². The quantitative estimate of drug-likeness (QED) is 0.892. The van der Waals surface area contributed by atoms with E-state index >= 15 is 0 Å². The van der Waals surface area contributed by atoms with Crippen LogP contribution in [-0.4, -0.2) is 16.5 Å². The van der Waals surface area contributed by atoms with E-state index in [0.717, 1.165) is 35.1 Å². The molecule has 0 unspecified atom stereocenters. The monoisotopic (exact) mass is 325 g/mol. The highest BCUT2D eigenvalue weighted by Gasteiger charge is 2.20. The predicted octanol–water partition coefficient (Wildman–Crippen LogP) is 4.63. The number of halogens is 2. The largest absolute Gasteiger partial charge is 0.370 e. The summed E-state index contributed by atoms with van der Waals surface area (Å²) < 4.78 is 0. The molecule has 1 aromatic heterocycles. The van der Waals surface area contributed by atoms with E-state index < -0.39 is 0 Å². The Labute approximate surface area is 132 Å². The van der Waals surface area contributed by atoms with Crippen LogP contribution in [0.15, 0.2) is 18.2 Å². The van der Waals surface area contributed by atoms with E-state index in [1.165, 1.54) is 5.56 Å². The Hall–Kier alpha value is -0.970. The van der Waals surface area contributed by atoms with Crippen LogP contribution in [0, 0.1) is 0 Å². The molecule has 2 heterocycles. The molecule has 2 aromatic rings. The minimum absolute atomic E-state index is 0.521. The van der Waals surface area contributed by atoms with Gasteiger partial charge in [0.25, 0.3) is 0 Å². The molecule has 0 saturated heterocycles.